The van der Waals surface area contributed by atoms with E-state index in [4.69, 9.17) is 4.74 Å². The Morgan fingerprint density at radius 2 is 1.95 bits per heavy atom. The molecule has 108 valence electrons. The zero-order valence-electron chi connectivity index (χ0n) is 11.8. The lowest BCUT2D eigenvalue weighted by molar-refractivity contribution is -0.0587. The van der Waals surface area contributed by atoms with E-state index in [2.05, 4.69) is 9.72 Å². The third kappa shape index (κ3) is 3.14. The van der Waals surface area contributed by atoms with Crippen LogP contribution in [-0.4, -0.2) is 54.2 Å². The number of carbonyl (C=O) groups excluding carboxylic acids is 2. The lowest BCUT2D eigenvalue weighted by Gasteiger charge is -2.35. The highest BCUT2D eigenvalue weighted by Crippen LogP contribution is 2.13. The SMILES string of the molecule is COC(=O)c1ccc(C(=O)N2C[C@H](C)O[C@@H](C)C2)nc1. The van der Waals surface area contributed by atoms with Gasteiger partial charge in [-0.3, -0.25) is 9.78 Å². The summed E-state index contributed by atoms with van der Waals surface area (Å²) in [6.07, 6.45) is 1.38. The van der Waals surface area contributed by atoms with Crippen LogP contribution in [0.15, 0.2) is 18.3 Å². The molecule has 1 saturated heterocycles. The summed E-state index contributed by atoms with van der Waals surface area (Å²) in [5.74, 6) is -0.617. The molecule has 2 rings (SSSR count). The number of aromatic nitrogens is 1. The number of methoxy groups -OCH3 is 1. The minimum absolute atomic E-state index is 0.0112. The lowest BCUT2D eigenvalue weighted by Crippen LogP contribution is -2.48. The van der Waals surface area contributed by atoms with Crippen molar-refractivity contribution in [2.45, 2.75) is 26.1 Å². The molecule has 0 spiro atoms. The Morgan fingerprint density at radius 1 is 1.30 bits per heavy atom. The minimum Gasteiger partial charge on any atom is -0.465 e. The van der Waals surface area contributed by atoms with Crippen molar-refractivity contribution in [3.63, 3.8) is 0 Å². The van der Waals surface area contributed by atoms with Gasteiger partial charge in [-0.05, 0) is 26.0 Å². The first-order valence-corrected chi connectivity index (χ1v) is 6.50. The first-order chi connectivity index (χ1) is 9.51. The number of pyridine rings is 1. The molecule has 1 aliphatic rings. The molecule has 0 bridgehead atoms. The highest BCUT2D eigenvalue weighted by atomic mass is 16.5. The minimum atomic E-state index is -0.467. The molecule has 1 amide bonds. The van der Waals surface area contributed by atoms with E-state index in [0.29, 0.717) is 24.3 Å². The average molecular weight is 278 g/mol. The van der Waals surface area contributed by atoms with Crippen molar-refractivity contribution >= 4 is 11.9 Å². The van der Waals surface area contributed by atoms with Crippen LogP contribution in [0.2, 0.25) is 0 Å². The number of rotatable bonds is 2. The van der Waals surface area contributed by atoms with Gasteiger partial charge in [-0.15, -0.1) is 0 Å². The molecule has 1 aromatic rings. The molecule has 0 radical (unpaired) electrons. The first-order valence-electron chi connectivity index (χ1n) is 6.50. The second-order valence-electron chi connectivity index (χ2n) is 4.89. The molecule has 0 unspecified atom stereocenters. The van der Waals surface area contributed by atoms with Crippen LogP contribution in [-0.2, 0) is 9.47 Å². The highest BCUT2D eigenvalue weighted by Gasteiger charge is 2.27. The fraction of sp³-hybridized carbons (Fsp3) is 0.500. The van der Waals surface area contributed by atoms with Crippen molar-refractivity contribution in [1.82, 2.24) is 9.88 Å². The van der Waals surface area contributed by atoms with Gasteiger partial charge in [0.15, 0.2) is 0 Å². The van der Waals surface area contributed by atoms with E-state index < -0.39 is 5.97 Å². The van der Waals surface area contributed by atoms with Gasteiger partial charge >= 0.3 is 5.97 Å². The fourth-order valence-corrected chi connectivity index (χ4v) is 2.26. The van der Waals surface area contributed by atoms with Crippen molar-refractivity contribution in [2.75, 3.05) is 20.2 Å². The van der Waals surface area contributed by atoms with Gasteiger partial charge in [-0.1, -0.05) is 0 Å². The Labute approximate surface area is 117 Å². The summed E-state index contributed by atoms with van der Waals surface area (Å²) in [5, 5.41) is 0. The van der Waals surface area contributed by atoms with E-state index >= 15 is 0 Å². The number of hydrogen-bond donors (Lipinski definition) is 0. The number of hydrogen-bond acceptors (Lipinski definition) is 5. The summed E-state index contributed by atoms with van der Waals surface area (Å²) >= 11 is 0. The molecular weight excluding hydrogens is 260 g/mol. The number of amides is 1. The van der Waals surface area contributed by atoms with Gasteiger partial charge in [0.2, 0.25) is 0 Å². The average Bonchev–Trinajstić information content (AvgIpc) is 2.45. The zero-order valence-corrected chi connectivity index (χ0v) is 11.8. The summed E-state index contributed by atoms with van der Waals surface area (Å²) in [6.45, 7) is 4.96. The first kappa shape index (κ1) is 14.5. The molecule has 6 heteroatoms. The predicted octanol–water partition coefficient (Wildman–Crippen LogP) is 1.12. The van der Waals surface area contributed by atoms with E-state index in [0.717, 1.165) is 0 Å². The molecule has 0 N–H and O–H groups in total. The van der Waals surface area contributed by atoms with Crippen LogP contribution < -0.4 is 0 Å². The third-order valence-electron chi connectivity index (χ3n) is 3.11. The van der Waals surface area contributed by atoms with Crippen LogP contribution in [0.5, 0.6) is 0 Å². The molecule has 20 heavy (non-hydrogen) atoms. The summed E-state index contributed by atoms with van der Waals surface area (Å²) in [6, 6.07) is 3.08. The van der Waals surface area contributed by atoms with Crippen LogP contribution >= 0.6 is 0 Å². The van der Waals surface area contributed by atoms with E-state index in [1.54, 1.807) is 17.0 Å². The van der Waals surface area contributed by atoms with Gasteiger partial charge in [0.05, 0.1) is 24.9 Å². The van der Waals surface area contributed by atoms with Gasteiger partial charge in [0.25, 0.3) is 5.91 Å². The third-order valence-corrected chi connectivity index (χ3v) is 3.11. The molecule has 0 aromatic carbocycles. The monoisotopic (exact) mass is 278 g/mol. The van der Waals surface area contributed by atoms with E-state index in [1.807, 2.05) is 13.8 Å². The Balaban J connectivity index is 2.11. The van der Waals surface area contributed by atoms with Gasteiger partial charge < -0.3 is 14.4 Å². The van der Waals surface area contributed by atoms with Crippen molar-refractivity contribution < 1.29 is 19.1 Å². The van der Waals surface area contributed by atoms with Crippen molar-refractivity contribution in [1.29, 1.82) is 0 Å². The molecule has 1 aromatic heterocycles. The Kier molecular flexibility index (Phi) is 4.34. The maximum atomic E-state index is 12.3. The highest BCUT2D eigenvalue weighted by molar-refractivity contribution is 5.94. The molecule has 1 fully saturated rings. The molecular formula is C14H18N2O4. The van der Waals surface area contributed by atoms with Crippen LogP contribution in [0.25, 0.3) is 0 Å². The number of esters is 1. The predicted molar refractivity (Wildman–Crippen MR) is 71.5 cm³/mol. The molecule has 0 saturated carbocycles. The second kappa shape index (κ2) is 6.00. The zero-order chi connectivity index (χ0) is 14.7. The van der Waals surface area contributed by atoms with Crippen LogP contribution in [0.3, 0.4) is 0 Å². The maximum Gasteiger partial charge on any atom is 0.339 e. The normalized spacial score (nSPS) is 22.4. The number of carbonyl (C=O) groups is 2. The summed E-state index contributed by atoms with van der Waals surface area (Å²) < 4.78 is 10.2. The molecule has 6 nitrogen and oxygen atoms in total. The summed E-state index contributed by atoms with van der Waals surface area (Å²) in [7, 11) is 1.30. The van der Waals surface area contributed by atoms with Gasteiger partial charge in [-0.2, -0.15) is 0 Å². The maximum absolute atomic E-state index is 12.3. The van der Waals surface area contributed by atoms with Crippen molar-refractivity contribution in [3.05, 3.63) is 29.6 Å². The second-order valence-corrected chi connectivity index (χ2v) is 4.89. The Bertz CT molecular complexity index is 490. The fourth-order valence-electron chi connectivity index (χ4n) is 2.26. The summed E-state index contributed by atoms with van der Waals surface area (Å²) in [5.41, 5.74) is 0.645. The summed E-state index contributed by atoms with van der Waals surface area (Å²) in [4.78, 5) is 29.4. The van der Waals surface area contributed by atoms with Gasteiger partial charge in [0.1, 0.15) is 5.69 Å². The molecule has 0 aliphatic carbocycles. The number of morpholine rings is 1. The number of ether oxygens (including phenoxy) is 2. The van der Waals surface area contributed by atoms with E-state index in [1.165, 1.54) is 13.3 Å². The smallest absolute Gasteiger partial charge is 0.339 e. The van der Waals surface area contributed by atoms with Crippen LogP contribution in [0, 0.1) is 0 Å². The van der Waals surface area contributed by atoms with Crippen molar-refractivity contribution in [2.24, 2.45) is 0 Å². The Morgan fingerprint density at radius 3 is 2.45 bits per heavy atom. The van der Waals surface area contributed by atoms with E-state index in [-0.39, 0.29) is 18.1 Å². The van der Waals surface area contributed by atoms with Crippen LogP contribution in [0.4, 0.5) is 0 Å². The standard InChI is InChI=1S/C14H18N2O4/c1-9-7-16(8-10(2)20-9)13(17)12-5-4-11(6-15-12)14(18)19-3/h4-6,9-10H,7-8H2,1-3H3/t9-,10-/m0/s1. The van der Waals surface area contributed by atoms with Gasteiger partial charge in [0, 0.05) is 19.3 Å². The molecule has 2 heterocycles. The number of nitrogens with zero attached hydrogens (tertiary/aromatic N) is 2. The van der Waals surface area contributed by atoms with Crippen LogP contribution in [0.1, 0.15) is 34.7 Å². The molecule has 1 aliphatic heterocycles. The largest absolute Gasteiger partial charge is 0.465 e. The quantitative estimate of drug-likeness (QED) is 0.758. The Hall–Kier alpha value is -1.95. The van der Waals surface area contributed by atoms with Crippen molar-refractivity contribution in [3.8, 4) is 0 Å². The van der Waals surface area contributed by atoms with Gasteiger partial charge in [-0.25, -0.2) is 4.79 Å². The van der Waals surface area contributed by atoms with E-state index in [9.17, 15) is 9.59 Å². The molecule has 2 atom stereocenters. The topological polar surface area (TPSA) is 68.7 Å². The lowest BCUT2D eigenvalue weighted by atomic mass is 10.2.